The molecule has 8 heteroatoms. The van der Waals surface area contributed by atoms with E-state index in [0.29, 0.717) is 5.75 Å². The van der Waals surface area contributed by atoms with Gasteiger partial charge < -0.3 is 15.0 Å². The summed E-state index contributed by atoms with van der Waals surface area (Å²) in [5, 5.41) is 12.8. The molecule has 0 aliphatic carbocycles. The molecule has 2 atom stereocenters. The van der Waals surface area contributed by atoms with E-state index >= 15 is 0 Å². The van der Waals surface area contributed by atoms with Crippen molar-refractivity contribution in [2.45, 2.75) is 62.9 Å². The van der Waals surface area contributed by atoms with Crippen LogP contribution in [0.1, 0.15) is 50.6 Å². The van der Waals surface area contributed by atoms with E-state index in [1.54, 1.807) is 0 Å². The fourth-order valence-electron chi connectivity index (χ4n) is 4.11. The van der Waals surface area contributed by atoms with Crippen LogP contribution in [0.3, 0.4) is 0 Å². The van der Waals surface area contributed by atoms with Crippen LogP contribution in [0.4, 0.5) is 5.95 Å². The van der Waals surface area contributed by atoms with Crippen LogP contribution in [0, 0.1) is 0 Å². The minimum atomic E-state index is -0.0204. The number of anilines is 1. The van der Waals surface area contributed by atoms with Crippen molar-refractivity contribution in [3.8, 4) is 0 Å². The van der Waals surface area contributed by atoms with Crippen molar-refractivity contribution >= 4 is 23.6 Å². The molecule has 0 spiro atoms. The number of piperidine rings is 1. The Hall–Kier alpha value is -2.06. The Morgan fingerprint density at radius 3 is 2.73 bits per heavy atom. The van der Waals surface area contributed by atoms with Gasteiger partial charge in [-0.3, -0.25) is 9.36 Å². The van der Waals surface area contributed by atoms with Gasteiger partial charge in [-0.15, -0.1) is 10.2 Å². The van der Waals surface area contributed by atoms with Crippen molar-refractivity contribution < 1.29 is 9.53 Å². The van der Waals surface area contributed by atoms with Gasteiger partial charge in [0.2, 0.25) is 11.9 Å². The third-order valence-electron chi connectivity index (χ3n) is 5.76. The topological polar surface area (TPSA) is 72.3 Å². The van der Waals surface area contributed by atoms with Crippen molar-refractivity contribution in [3.63, 3.8) is 0 Å². The molecular weight excluding hydrogens is 398 g/mol. The van der Waals surface area contributed by atoms with Crippen molar-refractivity contribution in [2.75, 3.05) is 30.3 Å². The summed E-state index contributed by atoms with van der Waals surface area (Å²) >= 11 is 1.46. The highest BCUT2D eigenvalue weighted by Crippen LogP contribution is 2.27. The van der Waals surface area contributed by atoms with Gasteiger partial charge >= 0.3 is 0 Å². The molecule has 0 unspecified atom stereocenters. The lowest BCUT2D eigenvalue weighted by Crippen LogP contribution is -2.33. The van der Waals surface area contributed by atoms with Crippen molar-refractivity contribution in [1.29, 1.82) is 0 Å². The summed E-state index contributed by atoms with van der Waals surface area (Å²) in [6.45, 7) is 5.62. The second-order valence-corrected chi connectivity index (χ2v) is 9.01. The summed E-state index contributed by atoms with van der Waals surface area (Å²) in [4.78, 5) is 14.9. The number of hydrogen-bond acceptors (Lipinski definition) is 6. The minimum absolute atomic E-state index is 0.00235. The Bertz CT molecular complexity index is 816. The van der Waals surface area contributed by atoms with E-state index in [4.69, 9.17) is 4.74 Å². The number of thioether (sulfide) groups is 1. The Morgan fingerprint density at radius 2 is 2.00 bits per heavy atom. The second-order valence-electron chi connectivity index (χ2n) is 8.06. The molecule has 7 nitrogen and oxygen atoms in total. The average Bonchev–Trinajstić information content (AvgIpc) is 3.44. The molecular formula is C22H31N5O2S. The van der Waals surface area contributed by atoms with Gasteiger partial charge in [0.25, 0.3) is 0 Å². The normalized spacial score (nSPS) is 20.3. The predicted molar refractivity (Wildman–Crippen MR) is 119 cm³/mol. The van der Waals surface area contributed by atoms with Crippen LogP contribution in [0.5, 0.6) is 0 Å². The monoisotopic (exact) mass is 429 g/mol. The van der Waals surface area contributed by atoms with E-state index in [1.165, 1.54) is 31.0 Å². The van der Waals surface area contributed by atoms with Crippen molar-refractivity contribution in [1.82, 2.24) is 20.1 Å². The maximum absolute atomic E-state index is 12.5. The largest absolute Gasteiger partial charge is 0.376 e. The number of carbonyl (C=O) groups is 1. The molecule has 1 aromatic heterocycles. The van der Waals surface area contributed by atoms with E-state index in [-0.39, 0.29) is 18.1 Å². The van der Waals surface area contributed by atoms with E-state index in [1.807, 2.05) is 37.3 Å². The molecule has 4 rings (SSSR count). The zero-order valence-corrected chi connectivity index (χ0v) is 18.4. The first-order valence-corrected chi connectivity index (χ1v) is 12.0. The molecule has 2 aliphatic rings. The Morgan fingerprint density at radius 1 is 1.20 bits per heavy atom. The molecule has 3 heterocycles. The number of amides is 1. The molecule has 162 valence electrons. The standard InChI is InChI=1S/C22H31N5O2S/c1-17(18-9-4-2-5-10-18)23-20(28)16-30-22-25-24-21(26-12-6-3-7-13-26)27(22)15-19-11-8-14-29-19/h2,4-5,9-10,17,19H,3,6-8,11-16H2,1H3,(H,23,28)/t17-,19+/m0/s1. The summed E-state index contributed by atoms with van der Waals surface area (Å²) in [6.07, 6.45) is 6.03. The van der Waals surface area contributed by atoms with E-state index in [2.05, 4.69) is 25.0 Å². The van der Waals surface area contributed by atoms with Gasteiger partial charge in [-0.1, -0.05) is 42.1 Å². The molecule has 2 saturated heterocycles. The molecule has 30 heavy (non-hydrogen) atoms. The van der Waals surface area contributed by atoms with Gasteiger partial charge in [0, 0.05) is 19.7 Å². The molecule has 1 amide bonds. The summed E-state index contributed by atoms with van der Waals surface area (Å²) in [5.74, 6) is 1.24. The summed E-state index contributed by atoms with van der Waals surface area (Å²) < 4.78 is 8.03. The number of aromatic nitrogens is 3. The molecule has 2 aliphatic heterocycles. The lowest BCUT2D eigenvalue weighted by atomic mass is 10.1. The summed E-state index contributed by atoms with van der Waals surface area (Å²) in [7, 11) is 0. The Labute approximate surface area is 182 Å². The summed E-state index contributed by atoms with van der Waals surface area (Å²) in [5.41, 5.74) is 1.10. The van der Waals surface area contributed by atoms with Crippen LogP contribution in [-0.2, 0) is 16.1 Å². The lowest BCUT2D eigenvalue weighted by molar-refractivity contribution is -0.119. The number of nitrogens with one attached hydrogen (secondary N) is 1. The second kappa shape index (κ2) is 10.3. The quantitative estimate of drug-likeness (QED) is 0.649. The highest BCUT2D eigenvalue weighted by molar-refractivity contribution is 7.99. The van der Waals surface area contributed by atoms with E-state index in [9.17, 15) is 4.79 Å². The third kappa shape index (κ3) is 5.35. The number of hydrogen-bond donors (Lipinski definition) is 1. The van der Waals surface area contributed by atoms with Crippen LogP contribution in [0.2, 0.25) is 0 Å². The Kier molecular flexibility index (Phi) is 7.28. The number of carbonyl (C=O) groups excluding carboxylic acids is 1. The molecule has 1 N–H and O–H groups in total. The first-order valence-electron chi connectivity index (χ1n) is 11.0. The van der Waals surface area contributed by atoms with Crippen molar-refractivity contribution in [3.05, 3.63) is 35.9 Å². The Balaban J connectivity index is 1.40. The van der Waals surface area contributed by atoms with Crippen LogP contribution in [-0.4, -0.2) is 52.2 Å². The fraction of sp³-hybridized carbons (Fsp3) is 0.591. The van der Waals surface area contributed by atoms with Gasteiger partial charge in [-0.05, 0) is 44.6 Å². The first kappa shape index (κ1) is 21.2. The average molecular weight is 430 g/mol. The number of nitrogens with zero attached hydrogens (tertiary/aromatic N) is 4. The molecule has 1 aromatic carbocycles. The number of benzene rings is 1. The maximum atomic E-state index is 12.5. The highest BCUT2D eigenvalue weighted by atomic mass is 32.2. The van der Waals surface area contributed by atoms with Gasteiger partial charge in [-0.25, -0.2) is 0 Å². The van der Waals surface area contributed by atoms with E-state index < -0.39 is 0 Å². The number of rotatable bonds is 8. The minimum Gasteiger partial charge on any atom is -0.376 e. The first-order chi connectivity index (χ1) is 14.7. The van der Waals surface area contributed by atoms with E-state index in [0.717, 1.165) is 55.8 Å². The van der Waals surface area contributed by atoms with Gasteiger partial charge in [0.05, 0.1) is 24.4 Å². The van der Waals surface area contributed by atoms with Crippen LogP contribution < -0.4 is 10.2 Å². The third-order valence-corrected chi connectivity index (χ3v) is 6.72. The lowest BCUT2D eigenvalue weighted by Gasteiger charge is -2.28. The molecule has 2 fully saturated rings. The molecule has 0 radical (unpaired) electrons. The zero-order chi connectivity index (χ0) is 20.8. The number of ether oxygens (including phenoxy) is 1. The summed E-state index contributed by atoms with van der Waals surface area (Å²) in [6, 6.07) is 10.00. The van der Waals surface area contributed by atoms with Crippen LogP contribution in [0.15, 0.2) is 35.5 Å². The highest BCUT2D eigenvalue weighted by Gasteiger charge is 2.25. The van der Waals surface area contributed by atoms with Gasteiger partial charge in [0.15, 0.2) is 5.16 Å². The van der Waals surface area contributed by atoms with Gasteiger partial charge in [0.1, 0.15) is 0 Å². The van der Waals surface area contributed by atoms with Crippen molar-refractivity contribution in [2.24, 2.45) is 0 Å². The molecule has 0 saturated carbocycles. The zero-order valence-electron chi connectivity index (χ0n) is 17.6. The molecule has 2 aromatic rings. The molecule has 0 bridgehead atoms. The SMILES string of the molecule is C[C@H](NC(=O)CSc1nnc(N2CCCCC2)n1C[C@H]1CCCO1)c1ccccc1. The van der Waals surface area contributed by atoms with Gasteiger partial charge in [-0.2, -0.15) is 0 Å². The smallest absolute Gasteiger partial charge is 0.230 e. The predicted octanol–water partition coefficient (Wildman–Crippen LogP) is 3.42. The van der Waals surface area contributed by atoms with Crippen LogP contribution >= 0.6 is 11.8 Å². The fourth-order valence-corrected chi connectivity index (χ4v) is 4.86. The van der Waals surface area contributed by atoms with Crippen LogP contribution in [0.25, 0.3) is 0 Å². The maximum Gasteiger partial charge on any atom is 0.230 e.